The minimum absolute atomic E-state index is 0.714. The molecule has 0 aliphatic heterocycles. The smallest absolute Gasteiger partial charge is 0.148 e. The molecule has 0 fully saturated rings. The van der Waals surface area contributed by atoms with Gasteiger partial charge in [-0.3, -0.25) is 0 Å². The lowest BCUT2D eigenvalue weighted by molar-refractivity contribution is 0.313. The summed E-state index contributed by atoms with van der Waals surface area (Å²) in [7, 11) is 0. The van der Waals surface area contributed by atoms with Gasteiger partial charge in [0.1, 0.15) is 5.75 Å². The summed E-state index contributed by atoms with van der Waals surface area (Å²) in [6.07, 6.45) is 0.993. The van der Waals surface area contributed by atoms with E-state index in [0.29, 0.717) is 6.61 Å². The topological polar surface area (TPSA) is 9.23 Å². The summed E-state index contributed by atoms with van der Waals surface area (Å²) in [5.41, 5.74) is 0. The Hall–Kier alpha value is 0.940. The summed E-state index contributed by atoms with van der Waals surface area (Å²) in [5, 5.41) is 0. The number of hydrogen-bond acceptors (Lipinski definition) is 1. The Morgan fingerprint density at radius 3 is 2.29 bits per heavy atom. The molecule has 0 bridgehead atoms. The van der Waals surface area contributed by atoms with Gasteiger partial charge in [0.25, 0.3) is 0 Å². The zero-order valence-electron chi connectivity index (χ0n) is 7.41. The monoisotopic (exact) mass is 448 g/mol. The molecule has 0 aromatic heterocycles. The van der Waals surface area contributed by atoms with Crippen LogP contribution in [0, 0.1) is 0 Å². The minimum atomic E-state index is 0.714. The molecule has 1 aromatic rings. The lowest BCUT2D eigenvalue weighted by Crippen LogP contribution is -1.97. The molecule has 0 radical (unpaired) electrons. The molecule has 0 aliphatic carbocycles. The molecule has 0 spiro atoms. The largest absolute Gasteiger partial charge is 0.491 e. The average molecular weight is 452 g/mol. The molecule has 0 saturated heterocycles. The van der Waals surface area contributed by atoms with Gasteiger partial charge >= 0.3 is 0 Å². The van der Waals surface area contributed by atoms with Crippen LogP contribution in [0.4, 0.5) is 0 Å². The summed E-state index contributed by atoms with van der Waals surface area (Å²) < 4.78 is 9.42. The van der Waals surface area contributed by atoms with Gasteiger partial charge in [0.05, 0.1) is 15.6 Å². The molecule has 78 valence electrons. The van der Waals surface area contributed by atoms with Crippen LogP contribution in [0.3, 0.4) is 0 Å². The van der Waals surface area contributed by atoms with E-state index in [2.05, 4.69) is 70.6 Å². The molecular weight excluding hydrogens is 444 g/mol. The van der Waals surface area contributed by atoms with E-state index in [4.69, 9.17) is 4.74 Å². The second-order valence-electron chi connectivity index (χ2n) is 2.65. The van der Waals surface area contributed by atoms with Crippen LogP contribution >= 0.6 is 63.7 Å². The zero-order chi connectivity index (χ0) is 10.7. The zero-order valence-corrected chi connectivity index (χ0v) is 13.8. The molecule has 1 aromatic carbocycles. The first-order valence-corrected chi connectivity index (χ1v) is 7.21. The number of ether oxygens (including phenoxy) is 1. The van der Waals surface area contributed by atoms with Gasteiger partial charge in [-0.25, -0.2) is 0 Å². The molecule has 0 heterocycles. The molecule has 0 atom stereocenters. The summed E-state index contributed by atoms with van der Waals surface area (Å²) in [6.45, 7) is 2.79. The number of halogens is 4. The third-order valence-electron chi connectivity index (χ3n) is 1.52. The van der Waals surface area contributed by atoms with Crippen LogP contribution in [-0.4, -0.2) is 6.61 Å². The van der Waals surface area contributed by atoms with Crippen LogP contribution in [0.2, 0.25) is 0 Å². The molecular formula is C9H8Br4O. The summed E-state index contributed by atoms with van der Waals surface area (Å²) in [5.74, 6) is 0.835. The van der Waals surface area contributed by atoms with E-state index < -0.39 is 0 Å². The van der Waals surface area contributed by atoms with Gasteiger partial charge in [-0.05, 0) is 76.2 Å². The molecule has 1 nitrogen and oxygen atoms in total. The third-order valence-corrected chi connectivity index (χ3v) is 5.38. The van der Waals surface area contributed by atoms with Crippen LogP contribution < -0.4 is 4.74 Å². The second kappa shape index (κ2) is 5.87. The van der Waals surface area contributed by atoms with Crippen molar-refractivity contribution >= 4 is 63.7 Å². The number of hydrogen-bond donors (Lipinski definition) is 0. The van der Waals surface area contributed by atoms with Gasteiger partial charge < -0.3 is 4.74 Å². The summed E-state index contributed by atoms with van der Waals surface area (Å²) in [6, 6.07) is 1.96. The van der Waals surface area contributed by atoms with Crippen LogP contribution in [0.5, 0.6) is 5.75 Å². The van der Waals surface area contributed by atoms with Crippen LogP contribution in [0.15, 0.2) is 24.0 Å². The Morgan fingerprint density at radius 1 is 1.07 bits per heavy atom. The van der Waals surface area contributed by atoms with Crippen molar-refractivity contribution < 1.29 is 4.74 Å². The fourth-order valence-electron chi connectivity index (χ4n) is 0.886. The lowest BCUT2D eigenvalue weighted by Gasteiger charge is -2.11. The van der Waals surface area contributed by atoms with Crippen LogP contribution in [-0.2, 0) is 0 Å². The van der Waals surface area contributed by atoms with Gasteiger partial charge in [0.2, 0.25) is 0 Å². The number of benzene rings is 1. The third kappa shape index (κ3) is 2.97. The predicted molar refractivity (Wildman–Crippen MR) is 73.0 cm³/mol. The van der Waals surface area contributed by atoms with Crippen molar-refractivity contribution in [2.75, 3.05) is 6.61 Å². The molecule has 0 aliphatic rings. The van der Waals surface area contributed by atoms with Crippen molar-refractivity contribution in [2.45, 2.75) is 13.3 Å². The Morgan fingerprint density at radius 2 is 1.71 bits per heavy atom. The predicted octanol–water partition coefficient (Wildman–Crippen LogP) is 5.53. The van der Waals surface area contributed by atoms with Gasteiger partial charge in [0.15, 0.2) is 0 Å². The fourth-order valence-corrected chi connectivity index (χ4v) is 3.53. The van der Waals surface area contributed by atoms with Crippen molar-refractivity contribution in [2.24, 2.45) is 0 Å². The van der Waals surface area contributed by atoms with Gasteiger partial charge in [-0.2, -0.15) is 0 Å². The second-order valence-corrected chi connectivity index (χ2v) is 5.94. The molecule has 14 heavy (non-hydrogen) atoms. The highest BCUT2D eigenvalue weighted by Crippen LogP contribution is 2.43. The normalized spacial score (nSPS) is 10.4. The molecule has 5 heteroatoms. The quantitative estimate of drug-likeness (QED) is 0.434. The minimum Gasteiger partial charge on any atom is -0.491 e. The fraction of sp³-hybridized carbons (Fsp3) is 0.333. The Bertz CT molecular complexity index is 338. The molecule has 1 rings (SSSR count). The SMILES string of the molecule is CCCOc1c(Br)cc(Br)c(Br)c1Br. The van der Waals surface area contributed by atoms with E-state index in [9.17, 15) is 0 Å². The Labute approximate surface area is 117 Å². The van der Waals surface area contributed by atoms with Crippen molar-refractivity contribution in [1.29, 1.82) is 0 Å². The standard InChI is InChI=1S/C9H8Br4O/c1-2-3-14-9-6(11)4-5(10)7(12)8(9)13/h4H,2-3H2,1H3. The van der Waals surface area contributed by atoms with E-state index >= 15 is 0 Å². The van der Waals surface area contributed by atoms with E-state index in [1.54, 1.807) is 0 Å². The van der Waals surface area contributed by atoms with E-state index in [-0.39, 0.29) is 0 Å². The van der Waals surface area contributed by atoms with Crippen molar-refractivity contribution in [3.63, 3.8) is 0 Å². The van der Waals surface area contributed by atoms with Crippen molar-refractivity contribution in [1.82, 2.24) is 0 Å². The van der Waals surface area contributed by atoms with Crippen molar-refractivity contribution in [3.8, 4) is 5.75 Å². The molecule has 0 N–H and O–H groups in total. The van der Waals surface area contributed by atoms with Crippen LogP contribution in [0.1, 0.15) is 13.3 Å². The highest BCUT2D eigenvalue weighted by molar-refractivity contribution is 9.14. The summed E-state index contributed by atoms with van der Waals surface area (Å²) in [4.78, 5) is 0. The average Bonchev–Trinajstić information content (AvgIpc) is 2.14. The van der Waals surface area contributed by atoms with Crippen molar-refractivity contribution in [3.05, 3.63) is 24.0 Å². The first-order valence-electron chi connectivity index (χ1n) is 4.03. The Balaban J connectivity index is 3.09. The molecule has 0 amide bonds. The highest BCUT2D eigenvalue weighted by Gasteiger charge is 2.13. The summed E-state index contributed by atoms with van der Waals surface area (Å²) >= 11 is 13.8. The van der Waals surface area contributed by atoms with Gasteiger partial charge in [-0.15, -0.1) is 0 Å². The maximum absolute atomic E-state index is 5.61. The van der Waals surface area contributed by atoms with Crippen LogP contribution in [0.25, 0.3) is 0 Å². The van der Waals surface area contributed by atoms with Gasteiger partial charge in [0, 0.05) is 8.95 Å². The maximum Gasteiger partial charge on any atom is 0.148 e. The lowest BCUT2D eigenvalue weighted by atomic mass is 10.3. The number of rotatable bonds is 3. The van der Waals surface area contributed by atoms with Gasteiger partial charge in [-0.1, -0.05) is 6.92 Å². The van der Waals surface area contributed by atoms with E-state index in [1.807, 2.05) is 6.07 Å². The Kier molecular flexibility index (Phi) is 5.45. The highest BCUT2D eigenvalue weighted by atomic mass is 79.9. The van der Waals surface area contributed by atoms with E-state index in [0.717, 1.165) is 30.1 Å². The first-order chi connectivity index (χ1) is 6.57. The molecule has 0 saturated carbocycles. The van der Waals surface area contributed by atoms with E-state index in [1.165, 1.54) is 0 Å². The molecule has 0 unspecified atom stereocenters. The maximum atomic E-state index is 5.61. The first kappa shape index (κ1) is 13.0.